The Kier molecular flexibility index (Phi) is 10.5. The molecule has 2 amide bonds. The number of nitrogens with zero attached hydrogens (tertiary/aromatic N) is 1. The lowest BCUT2D eigenvalue weighted by molar-refractivity contribution is -0.139. The lowest BCUT2D eigenvalue weighted by Gasteiger charge is -2.31. The van der Waals surface area contributed by atoms with Gasteiger partial charge in [0, 0.05) is 38.6 Å². The van der Waals surface area contributed by atoms with Gasteiger partial charge < -0.3 is 10.2 Å². The molecule has 31 heavy (non-hydrogen) atoms. The first-order valence-corrected chi connectivity index (χ1v) is 12.2. The Bertz CT molecular complexity index is 871. The van der Waals surface area contributed by atoms with Crippen LogP contribution in [0.5, 0.6) is 0 Å². The van der Waals surface area contributed by atoms with E-state index in [4.69, 9.17) is 34.8 Å². The van der Waals surface area contributed by atoms with E-state index in [1.165, 1.54) is 11.8 Å². The van der Waals surface area contributed by atoms with E-state index in [0.717, 1.165) is 4.90 Å². The van der Waals surface area contributed by atoms with Crippen molar-refractivity contribution in [3.05, 3.63) is 63.1 Å². The van der Waals surface area contributed by atoms with E-state index in [1.54, 1.807) is 35.2 Å². The van der Waals surface area contributed by atoms with Crippen LogP contribution in [0.4, 0.5) is 0 Å². The molecule has 0 saturated heterocycles. The largest absolute Gasteiger partial charge is 0.354 e. The van der Waals surface area contributed by atoms with Gasteiger partial charge in [0.1, 0.15) is 6.04 Å². The number of hydrogen-bond donors (Lipinski definition) is 1. The van der Waals surface area contributed by atoms with Gasteiger partial charge >= 0.3 is 0 Å². The van der Waals surface area contributed by atoms with Crippen molar-refractivity contribution in [3.8, 4) is 0 Å². The standard InChI is InChI=1S/C23H27Cl3N2O2S/c1-4-21(23(30)27-12-15(2)3)28(13-18-19(25)6-5-7-20(18)26)22(29)14-31-17-10-8-16(24)9-11-17/h5-11,15,21H,4,12-14H2,1-3H3,(H,27,30)/t21-/m0/s1. The maximum atomic E-state index is 13.3. The molecule has 0 aromatic heterocycles. The summed E-state index contributed by atoms with van der Waals surface area (Å²) >= 11 is 20.0. The maximum absolute atomic E-state index is 13.3. The van der Waals surface area contributed by atoms with Gasteiger partial charge in [-0.1, -0.05) is 61.6 Å². The van der Waals surface area contributed by atoms with Gasteiger partial charge in [-0.2, -0.15) is 0 Å². The summed E-state index contributed by atoms with van der Waals surface area (Å²) in [5, 5.41) is 4.51. The summed E-state index contributed by atoms with van der Waals surface area (Å²) in [5.74, 6) is 0.147. The lowest BCUT2D eigenvalue weighted by Crippen LogP contribution is -2.50. The fourth-order valence-corrected chi connectivity index (χ4v) is 4.38. The molecule has 2 rings (SSSR count). The second-order valence-electron chi connectivity index (χ2n) is 7.53. The number of hydrogen-bond acceptors (Lipinski definition) is 3. The number of rotatable bonds is 10. The molecule has 1 atom stereocenters. The predicted molar refractivity (Wildman–Crippen MR) is 131 cm³/mol. The van der Waals surface area contributed by atoms with Gasteiger partial charge in [-0.3, -0.25) is 9.59 Å². The molecule has 0 aliphatic carbocycles. The van der Waals surface area contributed by atoms with Crippen LogP contribution in [0.1, 0.15) is 32.8 Å². The van der Waals surface area contributed by atoms with Crippen LogP contribution < -0.4 is 5.32 Å². The molecular formula is C23H27Cl3N2O2S. The van der Waals surface area contributed by atoms with E-state index in [9.17, 15) is 9.59 Å². The summed E-state index contributed by atoms with van der Waals surface area (Å²) in [6, 6.07) is 11.9. The molecule has 0 aliphatic rings. The normalized spacial score (nSPS) is 12.0. The molecule has 0 unspecified atom stereocenters. The van der Waals surface area contributed by atoms with Crippen molar-refractivity contribution in [3.63, 3.8) is 0 Å². The van der Waals surface area contributed by atoms with Crippen LogP contribution in [0.2, 0.25) is 15.1 Å². The third-order valence-corrected chi connectivity index (χ3v) is 6.59. The van der Waals surface area contributed by atoms with Crippen LogP contribution in [-0.4, -0.2) is 35.1 Å². The van der Waals surface area contributed by atoms with Crippen LogP contribution in [-0.2, 0) is 16.1 Å². The van der Waals surface area contributed by atoms with Gasteiger partial charge in [-0.15, -0.1) is 11.8 Å². The molecule has 4 nitrogen and oxygen atoms in total. The van der Waals surface area contributed by atoms with Gasteiger partial charge in [0.15, 0.2) is 0 Å². The lowest BCUT2D eigenvalue weighted by atomic mass is 10.1. The Morgan fingerprint density at radius 1 is 1.03 bits per heavy atom. The first-order valence-electron chi connectivity index (χ1n) is 10.1. The number of amides is 2. The molecule has 1 N–H and O–H groups in total. The van der Waals surface area contributed by atoms with E-state index >= 15 is 0 Å². The summed E-state index contributed by atoms with van der Waals surface area (Å²) in [4.78, 5) is 28.7. The van der Waals surface area contributed by atoms with Crippen molar-refractivity contribution >= 4 is 58.4 Å². The quantitative estimate of drug-likeness (QED) is 0.388. The van der Waals surface area contributed by atoms with Crippen LogP contribution in [0.15, 0.2) is 47.4 Å². The highest BCUT2D eigenvalue weighted by Crippen LogP contribution is 2.28. The molecule has 0 fully saturated rings. The Labute approximate surface area is 203 Å². The van der Waals surface area contributed by atoms with E-state index in [1.807, 2.05) is 32.9 Å². The second-order valence-corrected chi connectivity index (χ2v) is 9.83. The molecule has 2 aromatic carbocycles. The van der Waals surface area contributed by atoms with Gasteiger partial charge in [-0.25, -0.2) is 0 Å². The molecule has 2 aromatic rings. The zero-order chi connectivity index (χ0) is 23.0. The van der Waals surface area contributed by atoms with Crippen LogP contribution in [0.3, 0.4) is 0 Å². The summed E-state index contributed by atoms with van der Waals surface area (Å²) < 4.78 is 0. The molecule has 0 radical (unpaired) electrons. The first-order chi connectivity index (χ1) is 14.7. The maximum Gasteiger partial charge on any atom is 0.242 e. The predicted octanol–water partition coefficient (Wildman–Crippen LogP) is 6.32. The van der Waals surface area contributed by atoms with Crippen LogP contribution in [0, 0.1) is 5.92 Å². The molecular weight excluding hydrogens is 475 g/mol. The number of carbonyl (C=O) groups excluding carboxylic acids is 2. The van der Waals surface area contributed by atoms with Gasteiger partial charge in [-0.05, 0) is 48.7 Å². The van der Waals surface area contributed by atoms with E-state index in [2.05, 4.69) is 5.32 Å². The Morgan fingerprint density at radius 3 is 2.19 bits per heavy atom. The van der Waals surface area contributed by atoms with Crippen molar-refractivity contribution in [2.45, 2.75) is 44.7 Å². The van der Waals surface area contributed by atoms with Gasteiger partial charge in [0.25, 0.3) is 0 Å². The highest BCUT2D eigenvalue weighted by atomic mass is 35.5. The molecule has 0 saturated carbocycles. The highest BCUT2D eigenvalue weighted by Gasteiger charge is 2.29. The number of benzene rings is 2. The number of thioether (sulfide) groups is 1. The van der Waals surface area contributed by atoms with Crippen molar-refractivity contribution in [1.29, 1.82) is 0 Å². The number of halogens is 3. The highest BCUT2D eigenvalue weighted by molar-refractivity contribution is 8.00. The minimum Gasteiger partial charge on any atom is -0.354 e. The third kappa shape index (κ3) is 7.90. The van der Waals surface area contributed by atoms with Crippen LogP contribution in [0.25, 0.3) is 0 Å². The van der Waals surface area contributed by atoms with Crippen molar-refractivity contribution in [2.24, 2.45) is 5.92 Å². The average molecular weight is 502 g/mol. The average Bonchev–Trinajstić information content (AvgIpc) is 2.73. The topological polar surface area (TPSA) is 49.4 Å². The van der Waals surface area contributed by atoms with Crippen molar-refractivity contribution in [2.75, 3.05) is 12.3 Å². The zero-order valence-corrected chi connectivity index (χ0v) is 20.9. The van der Waals surface area contributed by atoms with Crippen LogP contribution >= 0.6 is 46.6 Å². The minimum absolute atomic E-state index is 0.159. The van der Waals surface area contributed by atoms with Gasteiger partial charge in [0.2, 0.25) is 11.8 Å². The fourth-order valence-electron chi connectivity index (χ4n) is 2.95. The summed E-state index contributed by atoms with van der Waals surface area (Å²) in [5.41, 5.74) is 0.630. The monoisotopic (exact) mass is 500 g/mol. The van der Waals surface area contributed by atoms with E-state index < -0.39 is 6.04 Å². The van der Waals surface area contributed by atoms with Crippen molar-refractivity contribution < 1.29 is 9.59 Å². The summed E-state index contributed by atoms with van der Waals surface area (Å²) in [6.45, 7) is 6.64. The zero-order valence-electron chi connectivity index (χ0n) is 17.8. The molecule has 0 bridgehead atoms. The number of nitrogens with one attached hydrogen (secondary N) is 1. The first kappa shape index (κ1) is 25.9. The molecule has 0 aliphatic heterocycles. The Morgan fingerprint density at radius 2 is 1.65 bits per heavy atom. The third-order valence-electron chi connectivity index (χ3n) is 4.64. The molecule has 0 heterocycles. The summed E-state index contributed by atoms with van der Waals surface area (Å²) in [6.07, 6.45) is 0.476. The number of carbonyl (C=O) groups is 2. The Hall–Kier alpha value is -1.40. The molecule has 8 heteroatoms. The van der Waals surface area contributed by atoms with E-state index in [0.29, 0.717) is 39.5 Å². The Balaban J connectivity index is 2.25. The van der Waals surface area contributed by atoms with Crippen molar-refractivity contribution in [1.82, 2.24) is 10.2 Å². The smallest absolute Gasteiger partial charge is 0.242 e. The minimum atomic E-state index is -0.621. The molecule has 0 spiro atoms. The van der Waals surface area contributed by atoms with E-state index in [-0.39, 0.29) is 24.1 Å². The second kappa shape index (κ2) is 12.6. The summed E-state index contributed by atoms with van der Waals surface area (Å²) in [7, 11) is 0. The SMILES string of the molecule is CC[C@@H](C(=O)NCC(C)C)N(Cc1c(Cl)cccc1Cl)C(=O)CSc1ccc(Cl)cc1. The molecule has 168 valence electrons. The fraction of sp³-hybridized carbons (Fsp3) is 0.391. The van der Waals surface area contributed by atoms with Gasteiger partial charge in [0.05, 0.1) is 5.75 Å².